The third-order valence-electron chi connectivity index (χ3n) is 4.54. The number of rotatable bonds is 6. The summed E-state index contributed by atoms with van der Waals surface area (Å²) in [5.41, 5.74) is 2.48. The van der Waals surface area contributed by atoms with Gasteiger partial charge in [-0.15, -0.1) is 0 Å². The molecule has 154 valence electrons. The minimum absolute atomic E-state index is 0.151. The molecule has 3 rings (SSSR count). The van der Waals surface area contributed by atoms with Crippen molar-refractivity contribution >= 4 is 17.5 Å². The van der Waals surface area contributed by atoms with Crippen molar-refractivity contribution in [3.05, 3.63) is 78.0 Å². The van der Waals surface area contributed by atoms with Gasteiger partial charge < -0.3 is 10.6 Å². The van der Waals surface area contributed by atoms with E-state index in [0.29, 0.717) is 11.5 Å². The summed E-state index contributed by atoms with van der Waals surface area (Å²) in [5.74, 6) is -0.693. The number of hydrogen-bond donors (Lipinski definition) is 2. The van der Waals surface area contributed by atoms with Crippen LogP contribution in [-0.4, -0.2) is 27.8 Å². The maximum atomic E-state index is 13.1. The second-order valence-electron chi connectivity index (χ2n) is 7.26. The van der Waals surface area contributed by atoms with Crippen molar-refractivity contribution in [2.45, 2.75) is 26.8 Å². The Labute approximate surface area is 174 Å². The predicted molar refractivity (Wildman–Crippen MR) is 113 cm³/mol. The summed E-state index contributed by atoms with van der Waals surface area (Å²) in [6, 6.07) is 13.5. The fourth-order valence-electron chi connectivity index (χ4n) is 2.95. The van der Waals surface area contributed by atoms with Crippen LogP contribution in [0, 0.1) is 18.7 Å². The number of benzene rings is 2. The van der Waals surface area contributed by atoms with Crippen LogP contribution in [0.25, 0.3) is 11.3 Å². The van der Waals surface area contributed by atoms with Crippen molar-refractivity contribution in [3.8, 4) is 11.3 Å². The number of aryl methyl sites for hydroxylation is 1. The third kappa shape index (κ3) is 5.26. The molecular weight excluding hydrogens is 383 g/mol. The first-order valence-electron chi connectivity index (χ1n) is 9.61. The average Bonchev–Trinajstić information content (AvgIpc) is 2.72. The molecule has 0 spiro atoms. The Morgan fingerprint density at radius 1 is 1.03 bits per heavy atom. The molecule has 0 radical (unpaired) electrons. The summed E-state index contributed by atoms with van der Waals surface area (Å²) in [4.78, 5) is 33.8. The molecule has 3 aromatic rings. The van der Waals surface area contributed by atoms with E-state index in [9.17, 15) is 14.0 Å². The fourth-order valence-corrected chi connectivity index (χ4v) is 2.95. The van der Waals surface area contributed by atoms with E-state index >= 15 is 0 Å². The molecule has 30 heavy (non-hydrogen) atoms. The molecule has 1 aromatic heterocycles. The van der Waals surface area contributed by atoms with E-state index in [-0.39, 0.29) is 17.4 Å². The van der Waals surface area contributed by atoms with Crippen molar-refractivity contribution in [2.24, 2.45) is 5.92 Å². The van der Waals surface area contributed by atoms with Gasteiger partial charge in [-0.1, -0.05) is 26.0 Å². The summed E-state index contributed by atoms with van der Waals surface area (Å²) in [5, 5.41) is 5.59. The fraction of sp³-hybridized carbons (Fsp3) is 0.217. The van der Waals surface area contributed by atoms with E-state index in [0.717, 1.165) is 11.3 Å². The molecule has 1 heterocycles. The molecule has 0 saturated heterocycles. The second-order valence-corrected chi connectivity index (χ2v) is 7.26. The maximum Gasteiger partial charge on any atom is 0.251 e. The Morgan fingerprint density at radius 2 is 1.77 bits per heavy atom. The van der Waals surface area contributed by atoms with Crippen molar-refractivity contribution < 1.29 is 14.0 Å². The molecular formula is C23H23FN4O2. The van der Waals surface area contributed by atoms with Gasteiger partial charge in [-0.25, -0.2) is 14.4 Å². The first kappa shape index (κ1) is 21.1. The SMILES string of the molecule is Cc1nccc(-c2cccc(NC(=O)C(NC(=O)c3ccc(F)cc3)C(C)C)c2)n1. The molecule has 1 atom stereocenters. The lowest BCUT2D eigenvalue weighted by molar-refractivity contribution is -0.118. The number of anilines is 1. The minimum atomic E-state index is -0.757. The molecule has 0 saturated carbocycles. The van der Waals surface area contributed by atoms with Crippen LogP contribution in [0.5, 0.6) is 0 Å². The van der Waals surface area contributed by atoms with E-state index in [1.54, 1.807) is 18.3 Å². The third-order valence-corrected chi connectivity index (χ3v) is 4.54. The van der Waals surface area contributed by atoms with Crippen LogP contribution >= 0.6 is 0 Å². The van der Waals surface area contributed by atoms with Gasteiger partial charge in [0.15, 0.2) is 0 Å². The lowest BCUT2D eigenvalue weighted by Crippen LogP contribution is -2.47. The summed E-state index contributed by atoms with van der Waals surface area (Å²) >= 11 is 0. The molecule has 2 aromatic carbocycles. The molecule has 0 aliphatic rings. The highest BCUT2D eigenvalue weighted by Crippen LogP contribution is 2.21. The second kappa shape index (κ2) is 9.26. The molecule has 2 amide bonds. The summed E-state index contributed by atoms with van der Waals surface area (Å²) < 4.78 is 13.1. The zero-order valence-electron chi connectivity index (χ0n) is 17.0. The zero-order chi connectivity index (χ0) is 21.7. The standard InChI is InChI=1S/C23H23FN4O2/c1-14(2)21(28-22(29)16-7-9-18(24)10-8-16)23(30)27-19-6-4-5-17(13-19)20-11-12-25-15(3)26-20/h4-14,21H,1-3H3,(H,27,30)(H,28,29). The Hall–Kier alpha value is -3.61. The van der Waals surface area contributed by atoms with Gasteiger partial charge in [0.1, 0.15) is 17.7 Å². The molecule has 0 bridgehead atoms. The molecule has 6 nitrogen and oxygen atoms in total. The molecule has 0 fully saturated rings. The zero-order valence-corrected chi connectivity index (χ0v) is 17.0. The van der Waals surface area contributed by atoms with E-state index in [4.69, 9.17) is 0 Å². The highest BCUT2D eigenvalue weighted by molar-refractivity contribution is 6.01. The van der Waals surface area contributed by atoms with Crippen LogP contribution in [0.4, 0.5) is 10.1 Å². The highest BCUT2D eigenvalue weighted by Gasteiger charge is 2.25. The van der Waals surface area contributed by atoms with Gasteiger partial charge in [0.05, 0.1) is 5.69 Å². The van der Waals surface area contributed by atoms with Gasteiger partial charge in [-0.05, 0) is 55.3 Å². The summed E-state index contributed by atoms with van der Waals surface area (Å²) in [7, 11) is 0. The average molecular weight is 406 g/mol. The number of nitrogens with one attached hydrogen (secondary N) is 2. The monoisotopic (exact) mass is 406 g/mol. The normalized spacial score (nSPS) is 11.8. The number of carbonyl (C=O) groups is 2. The molecule has 2 N–H and O–H groups in total. The van der Waals surface area contributed by atoms with Gasteiger partial charge in [0.2, 0.25) is 5.91 Å². The van der Waals surface area contributed by atoms with Crippen molar-refractivity contribution in [1.29, 1.82) is 0 Å². The van der Waals surface area contributed by atoms with Crippen LogP contribution in [0.2, 0.25) is 0 Å². The van der Waals surface area contributed by atoms with Crippen LogP contribution in [0.1, 0.15) is 30.0 Å². The van der Waals surface area contributed by atoms with E-state index in [1.807, 2.05) is 39.0 Å². The van der Waals surface area contributed by atoms with Crippen LogP contribution in [-0.2, 0) is 4.79 Å². The molecule has 1 unspecified atom stereocenters. The lowest BCUT2D eigenvalue weighted by Gasteiger charge is -2.22. The number of halogens is 1. The lowest BCUT2D eigenvalue weighted by atomic mass is 10.0. The number of amides is 2. The topological polar surface area (TPSA) is 84.0 Å². The minimum Gasteiger partial charge on any atom is -0.340 e. The van der Waals surface area contributed by atoms with Gasteiger partial charge in [0, 0.05) is 23.0 Å². The quantitative estimate of drug-likeness (QED) is 0.648. The van der Waals surface area contributed by atoms with Gasteiger partial charge in [-0.3, -0.25) is 9.59 Å². The largest absolute Gasteiger partial charge is 0.340 e. The van der Waals surface area contributed by atoms with Crippen LogP contribution in [0.15, 0.2) is 60.8 Å². The number of hydrogen-bond acceptors (Lipinski definition) is 4. The smallest absolute Gasteiger partial charge is 0.251 e. The predicted octanol–water partition coefficient (Wildman–Crippen LogP) is 3.98. The Morgan fingerprint density at radius 3 is 2.43 bits per heavy atom. The first-order chi connectivity index (χ1) is 14.3. The van der Waals surface area contributed by atoms with E-state index in [1.165, 1.54) is 24.3 Å². The first-order valence-corrected chi connectivity index (χ1v) is 9.61. The van der Waals surface area contributed by atoms with Crippen molar-refractivity contribution in [3.63, 3.8) is 0 Å². The van der Waals surface area contributed by atoms with Crippen molar-refractivity contribution in [2.75, 3.05) is 5.32 Å². The van der Waals surface area contributed by atoms with Gasteiger partial charge >= 0.3 is 0 Å². The Kier molecular flexibility index (Phi) is 6.51. The Balaban J connectivity index is 1.74. The summed E-state index contributed by atoms with van der Waals surface area (Å²) in [6.07, 6.45) is 1.68. The van der Waals surface area contributed by atoms with Crippen LogP contribution in [0.3, 0.4) is 0 Å². The van der Waals surface area contributed by atoms with E-state index in [2.05, 4.69) is 20.6 Å². The number of carbonyl (C=O) groups excluding carboxylic acids is 2. The highest BCUT2D eigenvalue weighted by atomic mass is 19.1. The molecule has 0 aliphatic heterocycles. The number of aromatic nitrogens is 2. The van der Waals surface area contributed by atoms with Crippen molar-refractivity contribution in [1.82, 2.24) is 15.3 Å². The molecule has 0 aliphatic carbocycles. The Bertz CT molecular complexity index is 1050. The van der Waals surface area contributed by atoms with Gasteiger partial charge in [-0.2, -0.15) is 0 Å². The summed E-state index contributed by atoms with van der Waals surface area (Å²) in [6.45, 7) is 5.50. The van der Waals surface area contributed by atoms with Gasteiger partial charge in [0.25, 0.3) is 5.91 Å². The van der Waals surface area contributed by atoms with Crippen LogP contribution < -0.4 is 10.6 Å². The number of nitrogens with zero attached hydrogens (tertiary/aromatic N) is 2. The molecule has 7 heteroatoms. The van der Waals surface area contributed by atoms with E-state index < -0.39 is 17.8 Å². The maximum absolute atomic E-state index is 13.1.